The molecule has 5 atom stereocenters. The molecule has 34 heavy (non-hydrogen) atoms. The molecule has 0 radical (unpaired) electrons. The van der Waals surface area contributed by atoms with Gasteiger partial charge in [0.15, 0.2) is 29.8 Å². The highest BCUT2D eigenvalue weighted by Crippen LogP contribution is 2.51. The van der Waals surface area contributed by atoms with Gasteiger partial charge in [0.1, 0.15) is 18.3 Å². The zero-order valence-corrected chi connectivity index (χ0v) is 19.6. The van der Waals surface area contributed by atoms with Crippen LogP contribution in [0, 0.1) is 0 Å². The summed E-state index contributed by atoms with van der Waals surface area (Å²) in [7, 11) is 0. The first-order valence-electron chi connectivity index (χ1n) is 12.7. The number of carbonyl (C=O) groups excluding carboxylic acids is 2. The van der Waals surface area contributed by atoms with Crippen LogP contribution in [0.4, 0.5) is 5.69 Å². The quantitative estimate of drug-likeness (QED) is 0.664. The van der Waals surface area contributed by atoms with E-state index in [0.717, 1.165) is 57.8 Å². The first-order valence-corrected chi connectivity index (χ1v) is 12.7. The van der Waals surface area contributed by atoms with E-state index in [4.69, 9.17) is 23.7 Å². The summed E-state index contributed by atoms with van der Waals surface area (Å²) >= 11 is 0. The molecule has 8 nitrogen and oxygen atoms in total. The molecule has 0 unspecified atom stereocenters. The van der Waals surface area contributed by atoms with Gasteiger partial charge in [0.25, 0.3) is 5.91 Å². The molecule has 8 heteroatoms. The summed E-state index contributed by atoms with van der Waals surface area (Å²) < 4.78 is 32.2. The normalized spacial score (nSPS) is 35.6. The van der Waals surface area contributed by atoms with E-state index < -0.39 is 42.3 Å². The van der Waals surface area contributed by atoms with Crippen molar-refractivity contribution in [2.45, 2.75) is 113 Å². The van der Waals surface area contributed by atoms with Crippen LogP contribution in [0.15, 0.2) is 24.3 Å². The Morgan fingerprint density at radius 3 is 1.94 bits per heavy atom. The summed E-state index contributed by atoms with van der Waals surface area (Å²) in [6, 6.07) is 6.84. The lowest BCUT2D eigenvalue weighted by atomic mass is 9.94. The van der Waals surface area contributed by atoms with Gasteiger partial charge in [0.2, 0.25) is 0 Å². The Morgan fingerprint density at radius 2 is 1.32 bits per heavy atom. The van der Waals surface area contributed by atoms with E-state index in [1.54, 1.807) is 24.3 Å². The predicted molar refractivity (Wildman–Crippen MR) is 121 cm³/mol. The Kier molecular flexibility index (Phi) is 5.77. The van der Waals surface area contributed by atoms with Crippen LogP contribution in [0.25, 0.3) is 0 Å². The van der Waals surface area contributed by atoms with Gasteiger partial charge < -0.3 is 29.0 Å². The summed E-state index contributed by atoms with van der Waals surface area (Å²) in [6.07, 6.45) is 6.82. The molecule has 3 saturated heterocycles. The van der Waals surface area contributed by atoms with E-state index in [2.05, 4.69) is 5.32 Å². The van der Waals surface area contributed by atoms with Crippen molar-refractivity contribution in [3.63, 3.8) is 0 Å². The van der Waals surface area contributed by atoms with Gasteiger partial charge in [-0.1, -0.05) is 12.8 Å². The largest absolute Gasteiger partial charge is 0.341 e. The topological polar surface area (TPSA) is 92.3 Å². The first-order chi connectivity index (χ1) is 16.5. The molecule has 5 aliphatic rings. The van der Waals surface area contributed by atoms with E-state index in [-0.39, 0.29) is 11.7 Å². The molecule has 2 spiro atoms. The third-order valence-electron chi connectivity index (χ3n) is 7.93. The fourth-order valence-electron chi connectivity index (χ4n) is 6.17. The number of carbonyl (C=O) groups is 2. The molecule has 0 aromatic heterocycles. The van der Waals surface area contributed by atoms with E-state index in [0.29, 0.717) is 11.3 Å². The molecule has 3 heterocycles. The number of Topliss-reactive ketones (excluding diaryl/α,β-unsaturated/α-hetero) is 1. The number of ether oxygens (including phenoxy) is 5. The van der Waals surface area contributed by atoms with Crippen LogP contribution in [0.3, 0.4) is 0 Å². The Hall–Kier alpha value is -1.84. The van der Waals surface area contributed by atoms with Crippen LogP contribution >= 0.6 is 0 Å². The van der Waals surface area contributed by atoms with Gasteiger partial charge in [0.05, 0.1) is 0 Å². The molecule has 1 N–H and O–H groups in total. The number of hydrogen-bond donors (Lipinski definition) is 1. The van der Waals surface area contributed by atoms with Crippen molar-refractivity contribution in [2.24, 2.45) is 0 Å². The molecule has 1 aromatic rings. The van der Waals surface area contributed by atoms with Gasteiger partial charge in [0, 0.05) is 36.9 Å². The number of nitrogens with one attached hydrogen (secondary N) is 1. The average molecular weight is 472 g/mol. The highest BCUT2D eigenvalue weighted by Gasteiger charge is 2.65. The minimum atomic E-state index is -0.887. The van der Waals surface area contributed by atoms with Gasteiger partial charge in [-0.25, -0.2) is 0 Å². The Bertz CT molecular complexity index is 935. The molecule has 3 aliphatic heterocycles. The van der Waals surface area contributed by atoms with E-state index >= 15 is 0 Å². The van der Waals surface area contributed by atoms with Gasteiger partial charge >= 0.3 is 0 Å². The fraction of sp³-hybridized carbons (Fsp3) is 0.692. The third kappa shape index (κ3) is 3.99. The number of rotatable bonds is 3. The van der Waals surface area contributed by atoms with Crippen molar-refractivity contribution in [3.8, 4) is 0 Å². The molecular formula is C26H33NO7. The van der Waals surface area contributed by atoms with E-state index in [1.165, 1.54) is 13.3 Å². The first kappa shape index (κ1) is 22.6. The highest BCUT2D eigenvalue weighted by atomic mass is 16.9. The predicted octanol–water partition coefficient (Wildman–Crippen LogP) is 4.07. The molecular weight excluding hydrogens is 438 g/mol. The molecule has 2 saturated carbocycles. The van der Waals surface area contributed by atoms with Crippen LogP contribution < -0.4 is 5.32 Å². The third-order valence-corrected chi connectivity index (χ3v) is 7.93. The molecule has 1 aromatic carbocycles. The van der Waals surface area contributed by atoms with Gasteiger partial charge in [-0.15, -0.1) is 0 Å². The summed E-state index contributed by atoms with van der Waals surface area (Å²) in [6.45, 7) is 1.52. The average Bonchev–Trinajstić information content (AvgIpc) is 3.37. The Morgan fingerprint density at radius 1 is 0.765 bits per heavy atom. The second kappa shape index (κ2) is 8.68. The number of amides is 1. The van der Waals surface area contributed by atoms with E-state index in [9.17, 15) is 9.59 Å². The lowest BCUT2D eigenvalue weighted by Crippen LogP contribution is -2.58. The number of ketones is 1. The standard InChI is InChI=1S/C26H33NO7/c1-16(28)17-8-10-18(11-9-17)27-23(29)21-19-20(32-25(31-19)12-4-2-5-13-25)22-24(30-21)34-26(33-22)14-6-3-7-15-26/h8-11,19-22,24H,2-7,12-15H2,1H3,(H,27,29)/t19-,20+,21-,22-,24+/m1/s1. The fourth-order valence-corrected chi connectivity index (χ4v) is 6.17. The van der Waals surface area contributed by atoms with Crippen molar-refractivity contribution in [3.05, 3.63) is 29.8 Å². The number of hydrogen-bond acceptors (Lipinski definition) is 7. The summed E-state index contributed by atoms with van der Waals surface area (Å²) in [5, 5.41) is 2.93. The van der Waals surface area contributed by atoms with Crippen molar-refractivity contribution < 1.29 is 33.3 Å². The molecule has 5 fully saturated rings. The number of benzene rings is 1. The maximum atomic E-state index is 13.4. The Labute approximate surface area is 199 Å². The summed E-state index contributed by atoms with van der Waals surface area (Å²) in [5.41, 5.74) is 1.19. The SMILES string of the molecule is CC(=O)c1ccc(NC(=O)[C@@H]2O[C@H]3OC4(CCCCC4)O[C@@H]3[C@H]3OC4(CCCCC4)O[C@H]32)cc1. The van der Waals surface area contributed by atoms with Crippen LogP contribution in [-0.2, 0) is 28.5 Å². The zero-order chi connectivity index (χ0) is 23.3. The second-order valence-corrected chi connectivity index (χ2v) is 10.4. The van der Waals surface area contributed by atoms with Crippen LogP contribution in [0.2, 0.25) is 0 Å². The minimum Gasteiger partial charge on any atom is -0.341 e. The molecule has 0 bridgehead atoms. The van der Waals surface area contributed by atoms with Crippen molar-refractivity contribution in [2.75, 3.05) is 5.32 Å². The molecule has 2 aliphatic carbocycles. The molecule has 6 rings (SSSR count). The lowest BCUT2D eigenvalue weighted by Gasteiger charge is -2.36. The highest BCUT2D eigenvalue weighted by molar-refractivity contribution is 5.97. The van der Waals surface area contributed by atoms with Crippen LogP contribution in [-0.4, -0.2) is 54.0 Å². The summed E-state index contributed by atoms with van der Waals surface area (Å²) in [5.74, 6) is -1.67. The van der Waals surface area contributed by atoms with Crippen LogP contribution in [0.1, 0.15) is 81.5 Å². The van der Waals surface area contributed by atoms with E-state index in [1.807, 2.05) is 0 Å². The lowest BCUT2D eigenvalue weighted by molar-refractivity contribution is -0.246. The van der Waals surface area contributed by atoms with Gasteiger partial charge in [-0.2, -0.15) is 0 Å². The number of fused-ring (bicyclic) bond motifs is 3. The van der Waals surface area contributed by atoms with Crippen molar-refractivity contribution in [1.29, 1.82) is 0 Å². The number of anilines is 1. The molecule has 1 amide bonds. The van der Waals surface area contributed by atoms with Gasteiger partial charge in [-0.05, 0) is 56.9 Å². The molecule has 184 valence electrons. The minimum absolute atomic E-state index is 0.0216. The Balaban J connectivity index is 1.25. The van der Waals surface area contributed by atoms with Crippen molar-refractivity contribution in [1.82, 2.24) is 0 Å². The maximum absolute atomic E-state index is 13.4. The van der Waals surface area contributed by atoms with Crippen molar-refractivity contribution >= 4 is 17.4 Å². The van der Waals surface area contributed by atoms with Crippen LogP contribution in [0.5, 0.6) is 0 Å². The second-order valence-electron chi connectivity index (χ2n) is 10.4. The summed E-state index contributed by atoms with van der Waals surface area (Å²) in [4.78, 5) is 25.0. The smallest absolute Gasteiger partial charge is 0.256 e. The monoisotopic (exact) mass is 471 g/mol. The maximum Gasteiger partial charge on any atom is 0.256 e. The van der Waals surface area contributed by atoms with Gasteiger partial charge in [-0.3, -0.25) is 9.59 Å². The zero-order valence-electron chi connectivity index (χ0n) is 19.6.